The minimum Gasteiger partial charge on any atom is -0.486 e. The van der Waals surface area contributed by atoms with E-state index in [4.69, 9.17) is 13.9 Å². The summed E-state index contributed by atoms with van der Waals surface area (Å²) in [5.41, 5.74) is 1.72. The summed E-state index contributed by atoms with van der Waals surface area (Å²) in [6.07, 6.45) is 0.112. The molecule has 2 aliphatic rings. The van der Waals surface area contributed by atoms with Gasteiger partial charge in [0.1, 0.15) is 18.8 Å². The highest BCUT2D eigenvalue weighted by Crippen LogP contribution is 2.36. The predicted molar refractivity (Wildman–Crippen MR) is 114 cm³/mol. The lowest BCUT2D eigenvalue weighted by Crippen LogP contribution is -2.28. The Kier molecular flexibility index (Phi) is 4.93. The van der Waals surface area contributed by atoms with E-state index in [0.717, 1.165) is 0 Å². The summed E-state index contributed by atoms with van der Waals surface area (Å²) in [5, 5.41) is 3.51. The molecule has 1 aromatic heterocycles. The molecule has 5 rings (SSSR count). The Morgan fingerprint density at radius 3 is 2.69 bits per heavy atom. The predicted octanol–water partition coefficient (Wildman–Crippen LogP) is 2.98. The maximum atomic E-state index is 12.8. The molecule has 1 N–H and O–H groups in total. The summed E-state index contributed by atoms with van der Waals surface area (Å²) < 4.78 is 21.2. The van der Waals surface area contributed by atoms with Crippen molar-refractivity contribution in [2.75, 3.05) is 37.1 Å². The SMILES string of the molecule is COC(=O)c1cc2cc(NC(=O)[C@H]3CC(=O)N(c4ccc5c(c4)OCCO5)C3)ccc2o1. The lowest BCUT2D eigenvalue weighted by molar-refractivity contribution is -0.122. The molecule has 3 aromatic rings. The first-order valence-electron chi connectivity index (χ1n) is 10.1. The van der Waals surface area contributed by atoms with E-state index in [9.17, 15) is 14.4 Å². The fourth-order valence-corrected chi connectivity index (χ4v) is 3.90. The van der Waals surface area contributed by atoms with Crippen molar-refractivity contribution in [2.45, 2.75) is 6.42 Å². The molecular weight excluding hydrogens is 416 g/mol. The summed E-state index contributed by atoms with van der Waals surface area (Å²) in [7, 11) is 1.28. The van der Waals surface area contributed by atoms with Crippen molar-refractivity contribution in [2.24, 2.45) is 5.92 Å². The minimum absolute atomic E-state index is 0.0856. The number of anilines is 2. The minimum atomic E-state index is -0.574. The van der Waals surface area contributed by atoms with Crippen molar-refractivity contribution in [1.29, 1.82) is 0 Å². The number of amides is 2. The number of nitrogens with one attached hydrogen (secondary N) is 1. The van der Waals surface area contributed by atoms with Crippen LogP contribution in [0, 0.1) is 5.92 Å². The third-order valence-electron chi connectivity index (χ3n) is 5.50. The molecule has 9 nitrogen and oxygen atoms in total. The highest BCUT2D eigenvalue weighted by atomic mass is 16.6. The number of benzene rings is 2. The van der Waals surface area contributed by atoms with E-state index in [1.54, 1.807) is 47.4 Å². The average Bonchev–Trinajstić information content (AvgIpc) is 3.41. The number of hydrogen-bond donors (Lipinski definition) is 1. The summed E-state index contributed by atoms with van der Waals surface area (Å²) >= 11 is 0. The van der Waals surface area contributed by atoms with Crippen molar-refractivity contribution < 1.29 is 33.0 Å². The zero-order chi connectivity index (χ0) is 22.2. The van der Waals surface area contributed by atoms with Crippen LogP contribution in [0.5, 0.6) is 11.5 Å². The van der Waals surface area contributed by atoms with Gasteiger partial charge in [0.05, 0.1) is 13.0 Å². The highest BCUT2D eigenvalue weighted by molar-refractivity contribution is 6.04. The molecule has 0 bridgehead atoms. The van der Waals surface area contributed by atoms with Gasteiger partial charge in [-0.05, 0) is 36.4 Å². The number of methoxy groups -OCH3 is 1. The Morgan fingerprint density at radius 2 is 1.88 bits per heavy atom. The number of carbonyl (C=O) groups excluding carboxylic acids is 3. The second-order valence-corrected chi connectivity index (χ2v) is 7.58. The van der Waals surface area contributed by atoms with E-state index in [1.807, 2.05) is 0 Å². The van der Waals surface area contributed by atoms with Gasteiger partial charge in [-0.3, -0.25) is 9.59 Å². The van der Waals surface area contributed by atoms with Crippen LogP contribution in [0.25, 0.3) is 11.0 Å². The maximum Gasteiger partial charge on any atom is 0.373 e. The summed E-state index contributed by atoms with van der Waals surface area (Å²) in [6.45, 7) is 1.22. The van der Waals surface area contributed by atoms with Gasteiger partial charge >= 0.3 is 5.97 Å². The Morgan fingerprint density at radius 1 is 1.06 bits per heavy atom. The molecule has 32 heavy (non-hydrogen) atoms. The van der Waals surface area contributed by atoms with Crippen molar-refractivity contribution >= 4 is 40.1 Å². The van der Waals surface area contributed by atoms with Gasteiger partial charge < -0.3 is 28.8 Å². The first-order chi connectivity index (χ1) is 15.5. The summed E-state index contributed by atoms with van der Waals surface area (Å²) in [6, 6.07) is 11.9. The fraction of sp³-hybridized carbons (Fsp3) is 0.261. The van der Waals surface area contributed by atoms with Crippen molar-refractivity contribution in [1.82, 2.24) is 0 Å². The van der Waals surface area contributed by atoms with Gasteiger partial charge in [0.25, 0.3) is 0 Å². The molecular formula is C23H20N2O7. The molecule has 0 spiro atoms. The quantitative estimate of drug-likeness (QED) is 0.627. The molecule has 2 aromatic carbocycles. The van der Waals surface area contributed by atoms with Gasteiger partial charge in [-0.25, -0.2) is 4.79 Å². The van der Waals surface area contributed by atoms with E-state index in [0.29, 0.717) is 47.1 Å². The lowest BCUT2D eigenvalue weighted by Gasteiger charge is -2.22. The highest BCUT2D eigenvalue weighted by Gasteiger charge is 2.35. The van der Waals surface area contributed by atoms with E-state index in [1.165, 1.54) is 7.11 Å². The van der Waals surface area contributed by atoms with E-state index in [2.05, 4.69) is 10.1 Å². The normalized spacial score (nSPS) is 17.5. The molecule has 2 amide bonds. The molecule has 164 valence electrons. The zero-order valence-corrected chi connectivity index (χ0v) is 17.3. The number of furan rings is 1. The first kappa shape index (κ1) is 19.9. The Balaban J connectivity index is 1.29. The van der Waals surface area contributed by atoms with Gasteiger partial charge in [-0.15, -0.1) is 0 Å². The molecule has 0 radical (unpaired) electrons. The molecule has 0 unspecified atom stereocenters. The van der Waals surface area contributed by atoms with E-state index < -0.39 is 11.9 Å². The van der Waals surface area contributed by atoms with Crippen LogP contribution in [-0.4, -0.2) is 44.7 Å². The van der Waals surface area contributed by atoms with Gasteiger partial charge in [-0.1, -0.05) is 0 Å². The van der Waals surface area contributed by atoms with Crippen LogP contribution in [0.15, 0.2) is 46.9 Å². The molecule has 2 aliphatic heterocycles. The average molecular weight is 436 g/mol. The monoisotopic (exact) mass is 436 g/mol. The number of carbonyl (C=O) groups is 3. The second kappa shape index (κ2) is 7.92. The maximum absolute atomic E-state index is 12.8. The van der Waals surface area contributed by atoms with Crippen LogP contribution < -0.4 is 19.7 Å². The number of rotatable bonds is 4. The van der Waals surface area contributed by atoms with E-state index in [-0.39, 0.29) is 30.5 Å². The summed E-state index contributed by atoms with van der Waals surface area (Å²) in [5.74, 6) is -0.135. The van der Waals surface area contributed by atoms with Crippen LogP contribution in [0.4, 0.5) is 11.4 Å². The topological polar surface area (TPSA) is 107 Å². The summed E-state index contributed by atoms with van der Waals surface area (Å²) in [4.78, 5) is 38.7. The molecule has 1 atom stereocenters. The number of nitrogens with zero attached hydrogens (tertiary/aromatic N) is 1. The van der Waals surface area contributed by atoms with Crippen molar-refractivity contribution in [3.63, 3.8) is 0 Å². The van der Waals surface area contributed by atoms with Gasteiger partial charge in [-0.2, -0.15) is 0 Å². The van der Waals surface area contributed by atoms with Gasteiger partial charge in [0, 0.05) is 35.8 Å². The van der Waals surface area contributed by atoms with E-state index >= 15 is 0 Å². The molecule has 0 saturated carbocycles. The lowest BCUT2D eigenvalue weighted by atomic mass is 10.1. The number of hydrogen-bond acceptors (Lipinski definition) is 7. The second-order valence-electron chi connectivity index (χ2n) is 7.58. The largest absolute Gasteiger partial charge is 0.486 e. The van der Waals surface area contributed by atoms with Crippen molar-refractivity contribution in [3.05, 3.63) is 48.2 Å². The first-order valence-corrected chi connectivity index (χ1v) is 10.1. The molecule has 3 heterocycles. The molecule has 1 fully saturated rings. The van der Waals surface area contributed by atoms with Crippen LogP contribution in [-0.2, 0) is 14.3 Å². The third kappa shape index (κ3) is 3.62. The molecule has 1 saturated heterocycles. The molecule has 0 aliphatic carbocycles. The van der Waals surface area contributed by atoms with Crippen LogP contribution in [0.3, 0.4) is 0 Å². The Labute approximate surface area is 182 Å². The number of ether oxygens (including phenoxy) is 3. The Hall–Kier alpha value is -4.01. The van der Waals surface area contributed by atoms with Crippen LogP contribution in [0.1, 0.15) is 17.0 Å². The van der Waals surface area contributed by atoms with Gasteiger partial charge in [0.15, 0.2) is 11.5 Å². The van der Waals surface area contributed by atoms with Gasteiger partial charge in [0.2, 0.25) is 17.6 Å². The number of fused-ring (bicyclic) bond motifs is 2. The third-order valence-corrected chi connectivity index (χ3v) is 5.50. The number of esters is 1. The van der Waals surface area contributed by atoms with Crippen molar-refractivity contribution in [3.8, 4) is 11.5 Å². The molecule has 9 heteroatoms. The van der Waals surface area contributed by atoms with Crippen LogP contribution in [0.2, 0.25) is 0 Å². The fourth-order valence-electron chi connectivity index (χ4n) is 3.90. The van der Waals surface area contributed by atoms with Crippen LogP contribution >= 0.6 is 0 Å². The smallest absolute Gasteiger partial charge is 0.373 e. The zero-order valence-electron chi connectivity index (χ0n) is 17.3. The standard InChI is InChI=1S/C23H20N2O7/c1-29-23(28)20-9-13-8-15(2-4-17(13)32-20)24-22(27)14-10-21(26)25(12-14)16-3-5-18-19(11-16)31-7-6-30-18/h2-5,8-9,11,14H,6-7,10,12H2,1H3,(H,24,27)/t14-/m0/s1. The Bertz CT molecular complexity index is 1230.